The Balaban J connectivity index is 1.80. The van der Waals surface area contributed by atoms with Crippen molar-refractivity contribution >= 4 is 29.4 Å². The molecule has 0 radical (unpaired) electrons. The maximum Gasteiger partial charge on any atom is 0.327 e. The van der Waals surface area contributed by atoms with E-state index in [-0.39, 0.29) is 13.2 Å². The minimum atomic E-state index is -1.01. The fraction of sp³-hybridized carbons (Fsp3) is 0.412. The number of hydrogen-bond donors (Lipinski definition) is 1. The number of esters is 1. The van der Waals surface area contributed by atoms with Gasteiger partial charge in [-0.1, -0.05) is 17.4 Å². The molecule has 1 aromatic rings. The Kier molecular flexibility index (Phi) is 4.89. The number of carboxylic acid groups (broad SMARTS) is 1. The largest absolute Gasteiger partial charge is 0.481 e. The number of carbonyl (C=O) groups is 4. The standard InChI is InChI=1S/C17H18N4O6/c1-3-27-12(22)8-20-14-13(18-19-20)15(23)21(16(14)24)11-6-4-10(5-7-11)9(2)17(25)26/h4-7,9,13-14H,3,8H2,1-2H3,(H,25,26). The van der Waals surface area contributed by atoms with Gasteiger partial charge in [0.25, 0.3) is 11.8 Å². The Labute approximate surface area is 154 Å². The zero-order valence-electron chi connectivity index (χ0n) is 14.7. The molecule has 3 atom stereocenters. The van der Waals surface area contributed by atoms with Crippen LogP contribution in [0.1, 0.15) is 25.3 Å². The van der Waals surface area contributed by atoms with E-state index in [9.17, 15) is 19.2 Å². The topological polar surface area (TPSA) is 129 Å². The van der Waals surface area contributed by atoms with E-state index in [0.29, 0.717) is 11.3 Å². The fourth-order valence-corrected chi connectivity index (χ4v) is 3.00. The number of ether oxygens (including phenoxy) is 1. The number of rotatable bonds is 6. The second-order valence-electron chi connectivity index (χ2n) is 6.16. The van der Waals surface area contributed by atoms with Crippen LogP contribution in [0.15, 0.2) is 34.6 Å². The normalized spacial score (nSPS) is 22.1. The van der Waals surface area contributed by atoms with E-state index in [1.165, 1.54) is 12.1 Å². The van der Waals surface area contributed by atoms with Crippen LogP contribution in [0.4, 0.5) is 5.69 Å². The Morgan fingerprint density at radius 2 is 1.89 bits per heavy atom. The van der Waals surface area contributed by atoms with Crippen molar-refractivity contribution in [2.45, 2.75) is 31.8 Å². The molecular weight excluding hydrogens is 356 g/mol. The van der Waals surface area contributed by atoms with Crippen molar-refractivity contribution in [1.82, 2.24) is 5.01 Å². The first-order chi connectivity index (χ1) is 12.8. The third-order valence-electron chi connectivity index (χ3n) is 4.48. The summed E-state index contributed by atoms with van der Waals surface area (Å²) >= 11 is 0. The first kappa shape index (κ1) is 18.5. The summed E-state index contributed by atoms with van der Waals surface area (Å²) < 4.78 is 4.84. The van der Waals surface area contributed by atoms with Gasteiger partial charge < -0.3 is 9.84 Å². The average Bonchev–Trinajstić information content (AvgIpc) is 3.15. The number of carbonyl (C=O) groups excluding carboxylic acids is 3. The number of carboxylic acids is 1. The third kappa shape index (κ3) is 3.25. The fourth-order valence-electron chi connectivity index (χ4n) is 3.00. The van der Waals surface area contributed by atoms with Crippen molar-refractivity contribution in [1.29, 1.82) is 0 Å². The lowest BCUT2D eigenvalue weighted by Crippen LogP contribution is -2.42. The summed E-state index contributed by atoms with van der Waals surface area (Å²) in [5.41, 5.74) is 0.862. The van der Waals surface area contributed by atoms with Crippen molar-refractivity contribution in [3.63, 3.8) is 0 Å². The zero-order valence-corrected chi connectivity index (χ0v) is 14.7. The molecule has 0 aliphatic carbocycles. The smallest absolute Gasteiger partial charge is 0.327 e. The predicted octanol–water partition coefficient (Wildman–Crippen LogP) is 0.731. The van der Waals surface area contributed by atoms with E-state index in [2.05, 4.69) is 10.3 Å². The minimum Gasteiger partial charge on any atom is -0.481 e. The number of hydrogen-bond acceptors (Lipinski definition) is 8. The van der Waals surface area contributed by atoms with Crippen LogP contribution in [0.5, 0.6) is 0 Å². The molecule has 2 heterocycles. The number of aliphatic carboxylic acids is 1. The van der Waals surface area contributed by atoms with Crippen molar-refractivity contribution in [2.24, 2.45) is 10.3 Å². The highest BCUT2D eigenvalue weighted by molar-refractivity contribution is 6.25. The molecule has 1 aromatic carbocycles. The Morgan fingerprint density at radius 3 is 2.48 bits per heavy atom. The van der Waals surface area contributed by atoms with E-state index >= 15 is 0 Å². The van der Waals surface area contributed by atoms with Gasteiger partial charge in [-0.25, -0.2) is 4.90 Å². The third-order valence-corrected chi connectivity index (χ3v) is 4.48. The lowest BCUT2D eigenvalue weighted by atomic mass is 10.0. The van der Waals surface area contributed by atoms with Crippen LogP contribution in [0, 0.1) is 0 Å². The van der Waals surface area contributed by atoms with Gasteiger partial charge in [0.05, 0.1) is 18.2 Å². The number of amides is 2. The molecular formula is C17H18N4O6. The molecule has 0 bridgehead atoms. The molecule has 1 N–H and O–H groups in total. The molecule has 3 unspecified atom stereocenters. The SMILES string of the molecule is CCOC(=O)CN1N=NC2C(=O)N(c3ccc(C(C)C(=O)O)cc3)C(=O)C21. The summed E-state index contributed by atoms with van der Waals surface area (Å²) in [5.74, 6) is -3.34. The van der Waals surface area contributed by atoms with Crippen LogP contribution >= 0.6 is 0 Å². The van der Waals surface area contributed by atoms with Crippen molar-refractivity contribution in [3.8, 4) is 0 Å². The summed E-state index contributed by atoms with van der Waals surface area (Å²) in [4.78, 5) is 49.1. The first-order valence-electron chi connectivity index (χ1n) is 8.38. The van der Waals surface area contributed by atoms with E-state index < -0.39 is 41.8 Å². The molecule has 3 rings (SSSR count). The Bertz CT molecular complexity index is 821. The molecule has 0 spiro atoms. The Morgan fingerprint density at radius 1 is 1.22 bits per heavy atom. The maximum atomic E-state index is 12.8. The van der Waals surface area contributed by atoms with Gasteiger partial charge in [0.1, 0.15) is 6.54 Å². The number of anilines is 1. The van der Waals surface area contributed by atoms with Crippen molar-refractivity contribution in [2.75, 3.05) is 18.1 Å². The summed E-state index contributed by atoms with van der Waals surface area (Å²) in [7, 11) is 0. The van der Waals surface area contributed by atoms with Crippen LogP contribution in [-0.4, -0.2) is 59.1 Å². The van der Waals surface area contributed by atoms with Crippen LogP contribution in [0.25, 0.3) is 0 Å². The molecule has 2 amide bonds. The molecule has 0 saturated carbocycles. The molecule has 27 heavy (non-hydrogen) atoms. The van der Waals surface area contributed by atoms with E-state index in [4.69, 9.17) is 9.84 Å². The Hall–Kier alpha value is -3.30. The number of imide groups is 1. The van der Waals surface area contributed by atoms with Gasteiger partial charge in [0.2, 0.25) is 0 Å². The monoisotopic (exact) mass is 374 g/mol. The minimum absolute atomic E-state index is 0.192. The lowest BCUT2D eigenvalue weighted by molar-refractivity contribution is -0.145. The molecule has 2 aliphatic heterocycles. The highest BCUT2D eigenvalue weighted by Crippen LogP contribution is 2.32. The lowest BCUT2D eigenvalue weighted by Gasteiger charge is -2.20. The van der Waals surface area contributed by atoms with Gasteiger partial charge in [-0.3, -0.25) is 24.2 Å². The van der Waals surface area contributed by atoms with Gasteiger partial charge in [-0.2, -0.15) is 5.11 Å². The molecule has 1 fully saturated rings. The van der Waals surface area contributed by atoms with Crippen LogP contribution in [-0.2, 0) is 23.9 Å². The highest BCUT2D eigenvalue weighted by Gasteiger charge is 2.55. The van der Waals surface area contributed by atoms with E-state index in [1.807, 2.05) is 0 Å². The van der Waals surface area contributed by atoms with Crippen molar-refractivity contribution < 1.29 is 29.0 Å². The average molecular weight is 374 g/mol. The molecule has 10 nitrogen and oxygen atoms in total. The summed E-state index contributed by atoms with van der Waals surface area (Å²) in [6.45, 7) is 3.12. The summed E-state index contributed by atoms with van der Waals surface area (Å²) in [6.07, 6.45) is 0. The summed E-state index contributed by atoms with van der Waals surface area (Å²) in [5, 5.41) is 17.8. The highest BCUT2D eigenvalue weighted by atomic mass is 16.5. The van der Waals surface area contributed by atoms with Crippen LogP contribution in [0.3, 0.4) is 0 Å². The predicted molar refractivity (Wildman–Crippen MR) is 90.8 cm³/mol. The quantitative estimate of drug-likeness (QED) is 0.574. The number of fused-ring (bicyclic) bond motifs is 1. The molecule has 142 valence electrons. The molecule has 10 heteroatoms. The maximum absolute atomic E-state index is 12.8. The molecule has 1 saturated heterocycles. The number of nitrogens with zero attached hydrogens (tertiary/aromatic N) is 4. The van der Waals surface area contributed by atoms with Crippen molar-refractivity contribution in [3.05, 3.63) is 29.8 Å². The molecule has 2 aliphatic rings. The van der Waals surface area contributed by atoms with Gasteiger partial charge in [-0.05, 0) is 31.5 Å². The van der Waals surface area contributed by atoms with Gasteiger partial charge in [-0.15, -0.1) is 0 Å². The van der Waals surface area contributed by atoms with Crippen LogP contribution in [0.2, 0.25) is 0 Å². The number of benzene rings is 1. The van der Waals surface area contributed by atoms with Gasteiger partial charge >= 0.3 is 11.9 Å². The summed E-state index contributed by atoms with van der Waals surface area (Å²) in [6, 6.07) is 4.14. The van der Waals surface area contributed by atoms with E-state index in [1.54, 1.807) is 26.0 Å². The second kappa shape index (κ2) is 7.14. The zero-order chi connectivity index (χ0) is 19.7. The van der Waals surface area contributed by atoms with Gasteiger partial charge in [0, 0.05) is 0 Å². The first-order valence-corrected chi connectivity index (χ1v) is 8.38. The van der Waals surface area contributed by atoms with Gasteiger partial charge in [0.15, 0.2) is 12.1 Å². The second-order valence-corrected chi connectivity index (χ2v) is 6.16. The molecule has 0 aromatic heterocycles. The van der Waals surface area contributed by atoms with E-state index in [0.717, 1.165) is 9.91 Å². The van der Waals surface area contributed by atoms with Crippen LogP contribution < -0.4 is 4.90 Å².